The number of ether oxygens (including phenoxy) is 1. The van der Waals surface area contributed by atoms with Crippen LogP contribution < -0.4 is 5.32 Å². The molecule has 2 saturated heterocycles. The van der Waals surface area contributed by atoms with Crippen LogP contribution in [-0.4, -0.2) is 49.8 Å². The summed E-state index contributed by atoms with van der Waals surface area (Å²) in [6.45, 7) is 8.01. The van der Waals surface area contributed by atoms with Crippen LogP contribution in [0.1, 0.15) is 32.6 Å². The molecule has 1 N–H and O–H groups in total. The number of hydrogen-bond donors (Lipinski definition) is 1. The van der Waals surface area contributed by atoms with Gasteiger partial charge in [-0.3, -0.25) is 0 Å². The lowest BCUT2D eigenvalue weighted by molar-refractivity contribution is 0.0538. The maximum atomic E-state index is 5.46. The second kappa shape index (κ2) is 4.28. The smallest absolute Gasteiger partial charge is 0.0471 e. The van der Waals surface area contributed by atoms with Crippen LogP contribution in [0.5, 0.6) is 0 Å². The van der Waals surface area contributed by atoms with Crippen LogP contribution in [0.2, 0.25) is 0 Å². The number of hydrogen-bond acceptors (Lipinski definition) is 3. The zero-order valence-electron chi connectivity index (χ0n) is 10.4. The van der Waals surface area contributed by atoms with Crippen molar-refractivity contribution >= 4 is 0 Å². The average Bonchev–Trinajstić information content (AvgIpc) is 2.78. The predicted octanol–water partition coefficient (Wildman–Crippen LogP) is 1.24. The summed E-state index contributed by atoms with van der Waals surface area (Å²) in [7, 11) is 0. The van der Waals surface area contributed by atoms with Gasteiger partial charge in [0.1, 0.15) is 0 Å². The van der Waals surface area contributed by atoms with Gasteiger partial charge in [-0.05, 0) is 44.2 Å². The zero-order chi connectivity index (χ0) is 11.0. The molecule has 2 heterocycles. The average molecular weight is 224 g/mol. The van der Waals surface area contributed by atoms with Gasteiger partial charge in [-0.25, -0.2) is 0 Å². The van der Waals surface area contributed by atoms with Crippen molar-refractivity contribution in [3.63, 3.8) is 0 Å². The van der Waals surface area contributed by atoms with Gasteiger partial charge in [0.25, 0.3) is 0 Å². The lowest BCUT2D eigenvalue weighted by Crippen LogP contribution is -2.37. The molecule has 92 valence electrons. The summed E-state index contributed by atoms with van der Waals surface area (Å²) in [5, 5.41) is 3.88. The molecule has 0 bridgehead atoms. The first kappa shape index (κ1) is 11.0. The van der Waals surface area contributed by atoms with E-state index in [9.17, 15) is 0 Å². The van der Waals surface area contributed by atoms with Crippen LogP contribution in [0.3, 0.4) is 0 Å². The first-order valence-electron chi connectivity index (χ1n) is 6.88. The van der Waals surface area contributed by atoms with Gasteiger partial charge in [-0.2, -0.15) is 0 Å². The van der Waals surface area contributed by atoms with E-state index in [0.717, 1.165) is 25.3 Å². The summed E-state index contributed by atoms with van der Waals surface area (Å²) in [6.07, 6.45) is 5.32. The summed E-state index contributed by atoms with van der Waals surface area (Å²) >= 11 is 0. The lowest BCUT2D eigenvalue weighted by atomic mass is 9.96. The summed E-state index contributed by atoms with van der Waals surface area (Å²) in [4.78, 5) is 2.55. The Morgan fingerprint density at radius 3 is 2.88 bits per heavy atom. The number of likely N-dealkylation sites (N-methyl/N-ethyl adjacent to an activating group) is 1. The maximum Gasteiger partial charge on any atom is 0.0471 e. The van der Waals surface area contributed by atoms with Crippen molar-refractivity contribution < 1.29 is 4.74 Å². The third-order valence-electron chi connectivity index (χ3n) is 4.83. The molecule has 3 heteroatoms. The number of nitrogens with one attached hydrogen (secondary N) is 1. The molecule has 2 unspecified atom stereocenters. The van der Waals surface area contributed by atoms with Crippen molar-refractivity contribution in [2.75, 3.05) is 32.8 Å². The number of likely N-dealkylation sites (tertiary alicyclic amines) is 1. The third-order valence-corrected chi connectivity index (χ3v) is 4.83. The second-order valence-corrected chi connectivity index (χ2v) is 5.78. The van der Waals surface area contributed by atoms with Crippen LogP contribution >= 0.6 is 0 Å². The topological polar surface area (TPSA) is 24.5 Å². The number of rotatable bonds is 3. The Bertz CT molecular complexity index is 250. The fourth-order valence-corrected chi connectivity index (χ4v) is 3.45. The molecule has 1 aliphatic carbocycles. The molecular weight excluding hydrogens is 200 g/mol. The quantitative estimate of drug-likeness (QED) is 0.780. The van der Waals surface area contributed by atoms with E-state index in [0.29, 0.717) is 5.41 Å². The monoisotopic (exact) mass is 224 g/mol. The molecule has 16 heavy (non-hydrogen) atoms. The van der Waals surface area contributed by atoms with Gasteiger partial charge in [0.2, 0.25) is 0 Å². The molecule has 3 fully saturated rings. The van der Waals surface area contributed by atoms with E-state index in [-0.39, 0.29) is 0 Å². The van der Waals surface area contributed by atoms with Gasteiger partial charge < -0.3 is 15.0 Å². The van der Waals surface area contributed by atoms with E-state index >= 15 is 0 Å². The fourth-order valence-electron chi connectivity index (χ4n) is 3.45. The molecule has 0 radical (unpaired) electrons. The molecule has 3 rings (SSSR count). The molecule has 0 amide bonds. The molecule has 0 aromatic carbocycles. The van der Waals surface area contributed by atoms with Gasteiger partial charge in [-0.1, -0.05) is 6.92 Å². The molecule has 1 saturated carbocycles. The van der Waals surface area contributed by atoms with E-state index in [1.54, 1.807) is 0 Å². The van der Waals surface area contributed by atoms with E-state index < -0.39 is 0 Å². The standard InChI is InChI=1S/C13H24N2O/c1-2-15-6-3-11(10-15)14-12-9-13(12)4-7-16-8-5-13/h11-12,14H,2-10H2,1H3. The Kier molecular flexibility index (Phi) is 2.94. The Hall–Kier alpha value is -0.120. The highest BCUT2D eigenvalue weighted by Crippen LogP contribution is 2.53. The summed E-state index contributed by atoms with van der Waals surface area (Å²) in [5.41, 5.74) is 0.637. The van der Waals surface area contributed by atoms with E-state index in [2.05, 4.69) is 17.1 Å². The van der Waals surface area contributed by atoms with Crippen molar-refractivity contribution in [3.05, 3.63) is 0 Å². The highest BCUT2D eigenvalue weighted by molar-refractivity contribution is 5.09. The predicted molar refractivity (Wildman–Crippen MR) is 64.5 cm³/mol. The van der Waals surface area contributed by atoms with E-state index in [1.165, 1.54) is 45.3 Å². The SMILES string of the molecule is CCN1CCC(NC2CC23CCOCC3)C1. The Morgan fingerprint density at radius 1 is 1.38 bits per heavy atom. The third kappa shape index (κ3) is 2.01. The summed E-state index contributed by atoms with van der Waals surface area (Å²) in [6, 6.07) is 1.56. The highest BCUT2D eigenvalue weighted by Gasteiger charge is 2.54. The van der Waals surface area contributed by atoms with Gasteiger partial charge in [0.15, 0.2) is 0 Å². The van der Waals surface area contributed by atoms with Crippen molar-refractivity contribution in [1.82, 2.24) is 10.2 Å². The van der Waals surface area contributed by atoms with Crippen molar-refractivity contribution in [2.45, 2.75) is 44.7 Å². The molecule has 0 aromatic heterocycles. The maximum absolute atomic E-state index is 5.46. The lowest BCUT2D eigenvalue weighted by Gasteiger charge is -2.24. The molecule has 0 aromatic rings. The van der Waals surface area contributed by atoms with Crippen molar-refractivity contribution in [2.24, 2.45) is 5.41 Å². The molecule has 3 aliphatic rings. The van der Waals surface area contributed by atoms with Crippen LogP contribution in [0.15, 0.2) is 0 Å². The normalized spacial score (nSPS) is 38.1. The van der Waals surface area contributed by atoms with Crippen LogP contribution in [0, 0.1) is 5.41 Å². The second-order valence-electron chi connectivity index (χ2n) is 5.78. The zero-order valence-corrected chi connectivity index (χ0v) is 10.4. The first-order valence-corrected chi connectivity index (χ1v) is 6.88. The number of nitrogens with zero attached hydrogens (tertiary/aromatic N) is 1. The molecule has 1 spiro atoms. The molecule has 3 nitrogen and oxygen atoms in total. The van der Waals surface area contributed by atoms with Crippen molar-refractivity contribution in [1.29, 1.82) is 0 Å². The first-order chi connectivity index (χ1) is 7.82. The Morgan fingerprint density at radius 2 is 2.19 bits per heavy atom. The highest BCUT2D eigenvalue weighted by atomic mass is 16.5. The van der Waals surface area contributed by atoms with Gasteiger partial charge in [0.05, 0.1) is 0 Å². The van der Waals surface area contributed by atoms with E-state index in [1.807, 2.05) is 0 Å². The van der Waals surface area contributed by atoms with Gasteiger partial charge in [0, 0.05) is 31.8 Å². The Labute approximate surface area is 98.5 Å². The minimum Gasteiger partial charge on any atom is -0.381 e. The van der Waals surface area contributed by atoms with Crippen LogP contribution in [0.4, 0.5) is 0 Å². The summed E-state index contributed by atoms with van der Waals surface area (Å²) < 4.78 is 5.46. The van der Waals surface area contributed by atoms with Gasteiger partial charge in [-0.15, -0.1) is 0 Å². The molecular formula is C13H24N2O. The minimum absolute atomic E-state index is 0.637. The van der Waals surface area contributed by atoms with E-state index in [4.69, 9.17) is 4.74 Å². The van der Waals surface area contributed by atoms with Crippen LogP contribution in [0.25, 0.3) is 0 Å². The van der Waals surface area contributed by atoms with Crippen molar-refractivity contribution in [3.8, 4) is 0 Å². The molecule has 2 aliphatic heterocycles. The largest absolute Gasteiger partial charge is 0.381 e. The fraction of sp³-hybridized carbons (Fsp3) is 1.00. The molecule has 2 atom stereocenters. The summed E-state index contributed by atoms with van der Waals surface area (Å²) in [5.74, 6) is 0. The Balaban J connectivity index is 1.47. The minimum atomic E-state index is 0.637. The van der Waals surface area contributed by atoms with Gasteiger partial charge >= 0.3 is 0 Å². The van der Waals surface area contributed by atoms with Crippen LogP contribution in [-0.2, 0) is 4.74 Å².